The minimum absolute atomic E-state index is 0.0490. The normalized spacial score (nSPS) is 27.4. The second-order valence-corrected chi connectivity index (χ2v) is 9.16. The molecular weight excluding hydrogens is 350 g/mol. The highest BCUT2D eigenvalue weighted by molar-refractivity contribution is 5.85. The number of likely N-dealkylation sites (tertiary alicyclic amines) is 1. The zero-order valence-electron chi connectivity index (χ0n) is 18.0. The number of hydrogen-bond donors (Lipinski definition) is 1. The van der Waals surface area contributed by atoms with Crippen molar-refractivity contribution in [1.82, 2.24) is 24.9 Å². The lowest BCUT2D eigenvalue weighted by Crippen LogP contribution is -2.37. The van der Waals surface area contributed by atoms with E-state index in [4.69, 9.17) is 5.10 Å². The molecule has 28 heavy (non-hydrogen) atoms. The first kappa shape index (κ1) is 19.9. The molecule has 0 radical (unpaired) electrons. The van der Waals surface area contributed by atoms with Crippen molar-refractivity contribution in [3.8, 4) is 0 Å². The number of aryl methyl sites for hydroxylation is 1. The van der Waals surface area contributed by atoms with Crippen LogP contribution in [0.4, 0.5) is 0 Å². The minimum Gasteiger partial charge on any atom is -0.342 e. The lowest BCUT2D eigenvalue weighted by molar-refractivity contribution is -0.137. The topological polar surface area (TPSA) is 53.4 Å². The number of rotatable bonds is 7. The molecule has 1 aromatic rings. The molecule has 1 saturated carbocycles. The molecule has 0 bridgehead atoms. The van der Waals surface area contributed by atoms with Crippen LogP contribution in [0.2, 0.25) is 0 Å². The highest BCUT2D eigenvalue weighted by atomic mass is 16.2. The number of likely N-dealkylation sites (N-methyl/N-ethyl adjacent to an activating group) is 2. The van der Waals surface area contributed by atoms with Crippen molar-refractivity contribution >= 4 is 5.91 Å². The standard InChI is InChI=1S/C22H37N5O/c1-4-26-14-11-22(21(26)28)9-7-17(8-10-22)20-18(16-25(3)15-12-23-2)24-27-13-5-6-19(20)27/h17,23H,4-16H2,1-3H3. The van der Waals surface area contributed by atoms with E-state index in [-0.39, 0.29) is 5.41 Å². The fraction of sp³-hybridized carbons (Fsp3) is 0.818. The van der Waals surface area contributed by atoms with E-state index in [2.05, 4.69) is 33.8 Å². The molecule has 1 saturated heterocycles. The molecule has 1 aromatic heterocycles. The van der Waals surface area contributed by atoms with E-state index in [1.54, 1.807) is 5.56 Å². The third-order valence-corrected chi connectivity index (χ3v) is 7.46. The molecule has 0 unspecified atom stereocenters. The quantitative estimate of drug-likeness (QED) is 0.780. The fourth-order valence-corrected chi connectivity index (χ4v) is 5.75. The Morgan fingerprint density at radius 3 is 2.71 bits per heavy atom. The number of carbonyl (C=O) groups excluding carboxylic acids is 1. The first-order chi connectivity index (χ1) is 13.6. The third kappa shape index (κ3) is 3.50. The van der Waals surface area contributed by atoms with Crippen LogP contribution < -0.4 is 5.32 Å². The summed E-state index contributed by atoms with van der Waals surface area (Å²) in [5, 5.41) is 8.26. The number of amides is 1. The van der Waals surface area contributed by atoms with Crippen LogP contribution in [0.1, 0.15) is 68.3 Å². The van der Waals surface area contributed by atoms with Crippen LogP contribution >= 0.6 is 0 Å². The maximum atomic E-state index is 12.9. The molecule has 3 aliphatic rings. The maximum Gasteiger partial charge on any atom is 0.228 e. The highest BCUT2D eigenvalue weighted by Crippen LogP contribution is 2.50. The first-order valence-corrected chi connectivity index (χ1v) is 11.3. The van der Waals surface area contributed by atoms with Gasteiger partial charge < -0.3 is 10.2 Å². The van der Waals surface area contributed by atoms with E-state index in [0.29, 0.717) is 11.8 Å². The molecule has 6 heteroatoms. The van der Waals surface area contributed by atoms with Gasteiger partial charge in [0.25, 0.3) is 0 Å². The zero-order chi connectivity index (χ0) is 19.7. The molecule has 4 rings (SSSR count). The van der Waals surface area contributed by atoms with Crippen LogP contribution in [0.5, 0.6) is 0 Å². The summed E-state index contributed by atoms with van der Waals surface area (Å²) in [5.74, 6) is 1.02. The van der Waals surface area contributed by atoms with Gasteiger partial charge in [0.05, 0.1) is 11.1 Å². The Labute approximate surface area is 169 Å². The Kier molecular flexibility index (Phi) is 5.79. The molecule has 2 fully saturated rings. The Balaban J connectivity index is 1.50. The average molecular weight is 388 g/mol. The molecule has 0 atom stereocenters. The van der Waals surface area contributed by atoms with Gasteiger partial charge in [0.15, 0.2) is 0 Å². The largest absolute Gasteiger partial charge is 0.342 e. The van der Waals surface area contributed by atoms with Crippen LogP contribution in [-0.4, -0.2) is 65.8 Å². The summed E-state index contributed by atoms with van der Waals surface area (Å²) < 4.78 is 2.28. The van der Waals surface area contributed by atoms with Crippen molar-refractivity contribution in [2.24, 2.45) is 5.41 Å². The predicted octanol–water partition coefficient (Wildman–Crippen LogP) is 2.38. The third-order valence-electron chi connectivity index (χ3n) is 7.46. The second kappa shape index (κ2) is 8.15. The lowest BCUT2D eigenvalue weighted by Gasteiger charge is -2.36. The number of fused-ring (bicyclic) bond motifs is 1. The second-order valence-electron chi connectivity index (χ2n) is 9.16. The van der Waals surface area contributed by atoms with Gasteiger partial charge in [-0.05, 0) is 71.9 Å². The van der Waals surface area contributed by atoms with Crippen molar-refractivity contribution in [2.75, 3.05) is 40.3 Å². The molecule has 2 aliphatic heterocycles. The van der Waals surface area contributed by atoms with Gasteiger partial charge in [-0.2, -0.15) is 5.10 Å². The highest BCUT2D eigenvalue weighted by Gasteiger charge is 2.48. The molecule has 0 aromatic carbocycles. The fourth-order valence-electron chi connectivity index (χ4n) is 5.75. The number of carbonyl (C=O) groups is 1. The number of nitrogens with zero attached hydrogens (tertiary/aromatic N) is 4. The first-order valence-electron chi connectivity index (χ1n) is 11.3. The van der Waals surface area contributed by atoms with E-state index in [9.17, 15) is 4.79 Å². The SMILES string of the molecule is CCN1CCC2(CCC(c3c(CN(C)CCNC)nn4c3CCC4)CC2)C1=O. The number of hydrogen-bond acceptors (Lipinski definition) is 4. The van der Waals surface area contributed by atoms with Gasteiger partial charge in [-0.1, -0.05) is 0 Å². The predicted molar refractivity (Wildman–Crippen MR) is 111 cm³/mol. The van der Waals surface area contributed by atoms with Gasteiger partial charge in [-0.3, -0.25) is 14.4 Å². The summed E-state index contributed by atoms with van der Waals surface area (Å²) in [4.78, 5) is 17.4. The van der Waals surface area contributed by atoms with Gasteiger partial charge in [-0.15, -0.1) is 0 Å². The summed E-state index contributed by atoms with van der Waals surface area (Å²) in [6, 6.07) is 0. The van der Waals surface area contributed by atoms with Gasteiger partial charge >= 0.3 is 0 Å². The summed E-state index contributed by atoms with van der Waals surface area (Å²) in [7, 11) is 4.20. The maximum absolute atomic E-state index is 12.9. The van der Waals surface area contributed by atoms with E-state index < -0.39 is 0 Å². The molecule has 1 spiro atoms. The van der Waals surface area contributed by atoms with E-state index in [1.807, 2.05) is 7.05 Å². The minimum atomic E-state index is -0.0490. The Bertz CT molecular complexity index is 704. The summed E-state index contributed by atoms with van der Waals surface area (Å²) >= 11 is 0. The molecule has 6 nitrogen and oxygen atoms in total. The zero-order valence-corrected chi connectivity index (χ0v) is 18.0. The van der Waals surface area contributed by atoms with E-state index in [1.165, 1.54) is 24.2 Å². The van der Waals surface area contributed by atoms with Gasteiger partial charge in [-0.25, -0.2) is 0 Å². The lowest BCUT2D eigenvalue weighted by atomic mass is 9.67. The number of nitrogens with one attached hydrogen (secondary N) is 1. The molecule has 156 valence electrons. The summed E-state index contributed by atoms with van der Waals surface area (Å²) in [6.45, 7) is 7.98. The van der Waals surface area contributed by atoms with Crippen molar-refractivity contribution in [3.05, 3.63) is 17.0 Å². The van der Waals surface area contributed by atoms with Crippen LogP contribution in [0, 0.1) is 5.41 Å². The van der Waals surface area contributed by atoms with Crippen molar-refractivity contribution in [1.29, 1.82) is 0 Å². The molecule has 3 heterocycles. The Morgan fingerprint density at radius 2 is 2.04 bits per heavy atom. The van der Waals surface area contributed by atoms with Crippen molar-refractivity contribution in [2.45, 2.75) is 70.9 Å². The summed E-state index contributed by atoms with van der Waals surface area (Å²) in [5.41, 5.74) is 4.28. The van der Waals surface area contributed by atoms with Crippen LogP contribution in [0.25, 0.3) is 0 Å². The molecular formula is C22H37N5O. The molecule has 1 N–H and O–H groups in total. The van der Waals surface area contributed by atoms with Crippen molar-refractivity contribution in [3.63, 3.8) is 0 Å². The smallest absolute Gasteiger partial charge is 0.228 e. The van der Waals surface area contributed by atoms with Gasteiger partial charge in [0.1, 0.15) is 0 Å². The van der Waals surface area contributed by atoms with Crippen LogP contribution in [0.15, 0.2) is 0 Å². The van der Waals surface area contributed by atoms with E-state index >= 15 is 0 Å². The monoisotopic (exact) mass is 387 g/mol. The molecule has 1 amide bonds. The Hall–Kier alpha value is -1.40. The van der Waals surface area contributed by atoms with Crippen LogP contribution in [0.3, 0.4) is 0 Å². The van der Waals surface area contributed by atoms with Crippen LogP contribution in [-0.2, 0) is 24.3 Å². The summed E-state index contributed by atoms with van der Waals surface area (Å²) in [6.07, 6.45) is 7.89. The Morgan fingerprint density at radius 1 is 1.25 bits per heavy atom. The van der Waals surface area contributed by atoms with Crippen molar-refractivity contribution < 1.29 is 4.79 Å². The van der Waals surface area contributed by atoms with Gasteiger partial charge in [0.2, 0.25) is 5.91 Å². The van der Waals surface area contributed by atoms with Gasteiger partial charge in [0, 0.05) is 50.5 Å². The number of aromatic nitrogens is 2. The molecule has 1 aliphatic carbocycles. The average Bonchev–Trinajstić information content (AvgIpc) is 3.36. The van der Waals surface area contributed by atoms with E-state index in [0.717, 1.165) is 71.4 Å².